The minimum atomic E-state index is -0.297. The predicted octanol–water partition coefficient (Wildman–Crippen LogP) is 2.91. The van der Waals surface area contributed by atoms with Gasteiger partial charge in [-0.15, -0.1) is 0 Å². The predicted molar refractivity (Wildman–Crippen MR) is 80.6 cm³/mol. The molecule has 0 aliphatic carbocycles. The lowest BCUT2D eigenvalue weighted by Gasteiger charge is -2.12. The molecule has 1 N–H and O–H groups in total. The zero-order valence-corrected chi connectivity index (χ0v) is 12.3. The maximum atomic E-state index is 12.2. The van der Waals surface area contributed by atoms with Gasteiger partial charge < -0.3 is 9.88 Å². The summed E-state index contributed by atoms with van der Waals surface area (Å²) in [6.45, 7) is 3.83. The van der Waals surface area contributed by atoms with E-state index < -0.39 is 0 Å². The van der Waals surface area contributed by atoms with E-state index in [0.717, 1.165) is 11.1 Å². The summed E-state index contributed by atoms with van der Waals surface area (Å²) in [6.07, 6.45) is 1.50. The van der Waals surface area contributed by atoms with E-state index >= 15 is 0 Å². The van der Waals surface area contributed by atoms with E-state index in [2.05, 4.69) is 5.32 Å². The van der Waals surface area contributed by atoms with Gasteiger partial charge in [-0.25, -0.2) is 0 Å². The molecule has 0 bridgehead atoms. The molecule has 1 heterocycles. The molecule has 1 aromatic carbocycles. The van der Waals surface area contributed by atoms with Crippen molar-refractivity contribution < 1.29 is 4.79 Å². The van der Waals surface area contributed by atoms with Crippen molar-refractivity contribution in [2.75, 3.05) is 5.32 Å². The van der Waals surface area contributed by atoms with E-state index in [9.17, 15) is 9.59 Å². The number of benzene rings is 1. The van der Waals surface area contributed by atoms with Crippen molar-refractivity contribution >= 4 is 23.2 Å². The summed E-state index contributed by atoms with van der Waals surface area (Å²) < 4.78 is 1.36. The summed E-state index contributed by atoms with van der Waals surface area (Å²) in [7, 11) is 1.60. The van der Waals surface area contributed by atoms with Gasteiger partial charge in [0.1, 0.15) is 0 Å². The standard InChI is InChI=1S/C15H15ClN2O2/c1-9-6-10(2)14(12(16)7-9)17-15(20)11-4-5-13(19)18(3)8-11/h4-8H,1-3H3,(H,17,20). The highest BCUT2D eigenvalue weighted by molar-refractivity contribution is 6.34. The molecular formula is C15H15ClN2O2. The zero-order valence-electron chi connectivity index (χ0n) is 11.5. The van der Waals surface area contributed by atoms with Crippen LogP contribution in [0.15, 0.2) is 35.3 Å². The Morgan fingerprint density at radius 1 is 1.25 bits per heavy atom. The first-order chi connectivity index (χ1) is 9.38. The van der Waals surface area contributed by atoms with Crippen LogP contribution in [0.4, 0.5) is 5.69 Å². The Morgan fingerprint density at radius 2 is 1.95 bits per heavy atom. The number of rotatable bonds is 2. The van der Waals surface area contributed by atoms with Crippen LogP contribution in [-0.4, -0.2) is 10.5 Å². The highest BCUT2D eigenvalue weighted by atomic mass is 35.5. The van der Waals surface area contributed by atoms with E-state index in [1.165, 1.54) is 22.9 Å². The fourth-order valence-corrected chi connectivity index (χ4v) is 2.36. The van der Waals surface area contributed by atoms with E-state index in [-0.39, 0.29) is 11.5 Å². The van der Waals surface area contributed by atoms with E-state index in [1.807, 2.05) is 19.9 Å². The molecule has 2 aromatic rings. The van der Waals surface area contributed by atoms with E-state index in [1.54, 1.807) is 13.1 Å². The van der Waals surface area contributed by atoms with Gasteiger partial charge in [0, 0.05) is 19.3 Å². The monoisotopic (exact) mass is 290 g/mol. The molecule has 104 valence electrons. The van der Waals surface area contributed by atoms with Crippen LogP contribution in [-0.2, 0) is 7.05 Å². The minimum Gasteiger partial charge on any atom is -0.320 e. The van der Waals surface area contributed by atoms with Gasteiger partial charge in [-0.05, 0) is 37.1 Å². The third-order valence-corrected chi connectivity index (χ3v) is 3.32. The SMILES string of the molecule is Cc1cc(C)c(NC(=O)c2ccc(=O)n(C)c2)c(Cl)c1. The van der Waals surface area contributed by atoms with Crippen LogP contribution in [0.25, 0.3) is 0 Å². The number of carbonyl (C=O) groups excluding carboxylic acids is 1. The number of carbonyl (C=O) groups is 1. The summed E-state index contributed by atoms with van der Waals surface area (Å²) >= 11 is 6.15. The molecule has 1 aromatic heterocycles. The van der Waals surface area contributed by atoms with Gasteiger partial charge in [0.25, 0.3) is 5.91 Å². The Balaban J connectivity index is 2.32. The first kappa shape index (κ1) is 14.3. The summed E-state index contributed by atoms with van der Waals surface area (Å²) in [5.41, 5.74) is 2.77. The molecule has 0 spiro atoms. The normalized spacial score (nSPS) is 10.4. The van der Waals surface area contributed by atoms with Gasteiger partial charge >= 0.3 is 0 Å². The van der Waals surface area contributed by atoms with E-state index in [0.29, 0.717) is 16.3 Å². The number of hydrogen-bond acceptors (Lipinski definition) is 2. The molecular weight excluding hydrogens is 276 g/mol. The van der Waals surface area contributed by atoms with Crippen molar-refractivity contribution in [3.8, 4) is 0 Å². The fourth-order valence-electron chi connectivity index (χ4n) is 1.99. The maximum Gasteiger partial charge on any atom is 0.257 e. The smallest absolute Gasteiger partial charge is 0.257 e. The van der Waals surface area contributed by atoms with Crippen molar-refractivity contribution in [1.82, 2.24) is 4.57 Å². The Kier molecular flexibility index (Phi) is 3.95. The van der Waals surface area contributed by atoms with Gasteiger partial charge in [0.15, 0.2) is 0 Å². The van der Waals surface area contributed by atoms with Gasteiger partial charge in [-0.2, -0.15) is 0 Å². The van der Waals surface area contributed by atoms with Crippen LogP contribution in [0.3, 0.4) is 0 Å². The molecule has 1 amide bonds. The van der Waals surface area contributed by atoms with Crippen molar-refractivity contribution in [2.24, 2.45) is 7.05 Å². The summed E-state index contributed by atoms with van der Waals surface area (Å²) in [4.78, 5) is 23.5. The number of nitrogens with one attached hydrogen (secondary N) is 1. The number of aryl methyl sites for hydroxylation is 3. The lowest BCUT2D eigenvalue weighted by atomic mass is 10.1. The second kappa shape index (κ2) is 5.51. The molecule has 0 unspecified atom stereocenters. The molecule has 0 fully saturated rings. The second-order valence-electron chi connectivity index (χ2n) is 4.76. The Labute approximate surface area is 122 Å². The van der Waals surface area contributed by atoms with Crippen LogP contribution in [0.5, 0.6) is 0 Å². The molecule has 20 heavy (non-hydrogen) atoms. The number of halogens is 1. The molecule has 0 saturated carbocycles. The lowest BCUT2D eigenvalue weighted by Crippen LogP contribution is -2.20. The molecule has 2 rings (SSSR count). The van der Waals surface area contributed by atoms with Gasteiger partial charge in [0.05, 0.1) is 16.3 Å². The van der Waals surface area contributed by atoms with Crippen molar-refractivity contribution in [2.45, 2.75) is 13.8 Å². The largest absolute Gasteiger partial charge is 0.320 e. The number of nitrogens with zero attached hydrogens (tertiary/aromatic N) is 1. The Hall–Kier alpha value is -2.07. The first-order valence-corrected chi connectivity index (χ1v) is 6.51. The molecule has 0 radical (unpaired) electrons. The van der Waals surface area contributed by atoms with E-state index in [4.69, 9.17) is 11.6 Å². The summed E-state index contributed by atoms with van der Waals surface area (Å²) in [6, 6.07) is 6.60. The number of aromatic nitrogens is 1. The minimum absolute atomic E-state index is 0.161. The highest BCUT2D eigenvalue weighted by Gasteiger charge is 2.11. The van der Waals surface area contributed by atoms with Crippen LogP contribution < -0.4 is 10.9 Å². The fraction of sp³-hybridized carbons (Fsp3) is 0.200. The quantitative estimate of drug-likeness (QED) is 0.924. The van der Waals surface area contributed by atoms with Crippen molar-refractivity contribution in [1.29, 1.82) is 0 Å². The second-order valence-corrected chi connectivity index (χ2v) is 5.17. The number of anilines is 1. The van der Waals surface area contributed by atoms with Crippen LogP contribution in [0.2, 0.25) is 5.02 Å². The summed E-state index contributed by atoms with van der Waals surface area (Å²) in [5.74, 6) is -0.297. The van der Waals surface area contributed by atoms with Gasteiger partial charge in [-0.1, -0.05) is 17.7 Å². The Morgan fingerprint density at radius 3 is 2.55 bits per heavy atom. The van der Waals surface area contributed by atoms with Crippen LogP contribution in [0.1, 0.15) is 21.5 Å². The van der Waals surface area contributed by atoms with Gasteiger partial charge in [0.2, 0.25) is 5.56 Å². The zero-order chi connectivity index (χ0) is 14.9. The topological polar surface area (TPSA) is 51.1 Å². The van der Waals surface area contributed by atoms with Crippen LogP contribution in [0, 0.1) is 13.8 Å². The summed E-state index contributed by atoms with van der Waals surface area (Å²) in [5, 5.41) is 3.28. The number of pyridine rings is 1. The average molecular weight is 291 g/mol. The molecule has 0 aliphatic heterocycles. The Bertz CT molecular complexity index is 712. The third kappa shape index (κ3) is 2.91. The first-order valence-electron chi connectivity index (χ1n) is 6.13. The third-order valence-electron chi connectivity index (χ3n) is 3.02. The average Bonchev–Trinajstić information content (AvgIpc) is 2.36. The number of amides is 1. The molecule has 5 heteroatoms. The molecule has 0 atom stereocenters. The van der Waals surface area contributed by atoms with Crippen LogP contribution >= 0.6 is 11.6 Å². The molecule has 4 nitrogen and oxygen atoms in total. The van der Waals surface area contributed by atoms with Gasteiger partial charge in [-0.3, -0.25) is 9.59 Å². The van der Waals surface area contributed by atoms with Crippen molar-refractivity contribution in [3.05, 3.63) is 62.5 Å². The lowest BCUT2D eigenvalue weighted by molar-refractivity contribution is 0.102. The maximum absolute atomic E-state index is 12.2. The molecule has 0 saturated heterocycles. The highest BCUT2D eigenvalue weighted by Crippen LogP contribution is 2.27. The molecule has 0 aliphatic rings. The number of hydrogen-bond donors (Lipinski definition) is 1. The van der Waals surface area contributed by atoms with Crippen molar-refractivity contribution in [3.63, 3.8) is 0 Å².